The van der Waals surface area contributed by atoms with Crippen molar-refractivity contribution in [1.29, 1.82) is 0 Å². The fourth-order valence-corrected chi connectivity index (χ4v) is 3.66. The van der Waals surface area contributed by atoms with Gasteiger partial charge in [0.15, 0.2) is 0 Å². The minimum atomic E-state index is -3.77. The lowest BCUT2D eigenvalue weighted by Crippen LogP contribution is -2.32. The second-order valence-electron chi connectivity index (χ2n) is 3.86. The zero-order chi connectivity index (χ0) is 14.5. The molecule has 0 aliphatic carbocycles. The van der Waals surface area contributed by atoms with Gasteiger partial charge < -0.3 is 5.11 Å². The summed E-state index contributed by atoms with van der Waals surface area (Å²) >= 11 is 13.2. The van der Waals surface area contributed by atoms with Crippen LogP contribution in [0.25, 0.3) is 0 Å². The summed E-state index contributed by atoms with van der Waals surface area (Å²) in [6, 6.07) is 4.21. The molecule has 1 aromatic carbocycles. The minimum absolute atomic E-state index is 0.0499. The first kappa shape index (κ1) is 17.1. The minimum Gasteiger partial charge on any atom is -0.392 e. The third-order valence-corrected chi connectivity index (χ3v) is 5.13. The van der Waals surface area contributed by atoms with E-state index < -0.39 is 16.1 Å². The van der Waals surface area contributed by atoms with E-state index in [0.29, 0.717) is 6.42 Å². The third kappa shape index (κ3) is 5.49. The zero-order valence-corrected chi connectivity index (χ0v) is 13.4. The van der Waals surface area contributed by atoms with E-state index >= 15 is 0 Å². The highest BCUT2D eigenvalue weighted by Gasteiger charge is 2.19. The maximum atomic E-state index is 12.0. The topological polar surface area (TPSA) is 66.4 Å². The highest BCUT2D eigenvalue weighted by molar-refractivity contribution is 7.98. The molecule has 1 aromatic rings. The highest BCUT2D eigenvalue weighted by atomic mass is 35.5. The maximum Gasteiger partial charge on any atom is 0.242 e. The van der Waals surface area contributed by atoms with Gasteiger partial charge in [0.1, 0.15) is 4.90 Å². The van der Waals surface area contributed by atoms with E-state index in [4.69, 9.17) is 23.2 Å². The molecule has 0 amide bonds. The number of rotatable bonds is 7. The average Bonchev–Trinajstić information content (AvgIpc) is 2.36. The van der Waals surface area contributed by atoms with Crippen molar-refractivity contribution in [3.05, 3.63) is 28.2 Å². The van der Waals surface area contributed by atoms with Crippen LogP contribution in [0.15, 0.2) is 23.1 Å². The summed E-state index contributed by atoms with van der Waals surface area (Å²) in [5, 5.41) is 9.99. The Bertz CT molecular complexity index is 523. The van der Waals surface area contributed by atoms with Crippen LogP contribution >= 0.6 is 35.0 Å². The summed E-state index contributed by atoms with van der Waals surface area (Å²) in [5.41, 5.74) is 0. The molecule has 0 saturated heterocycles. The van der Waals surface area contributed by atoms with Gasteiger partial charge in [-0.25, -0.2) is 13.1 Å². The number of aliphatic hydroxyl groups excluding tert-OH is 1. The summed E-state index contributed by atoms with van der Waals surface area (Å²) in [6.45, 7) is -0.0499. The van der Waals surface area contributed by atoms with Gasteiger partial charge in [-0.3, -0.25) is 0 Å². The predicted octanol–water partition coefficient (Wildman–Crippen LogP) is 2.39. The molecule has 0 aromatic heterocycles. The fraction of sp³-hybridized carbons (Fsp3) is 0.455. The van der Waals surface area contributed by atoms with E-state index in [-0.39, 0.29) is 21.5 Å². The van der Waals surface area contributed by atoms with Crippen molar-refractivity contribution in [2.75, 3.05) is 18.6 Å². The molecule has 0 heterocycles. The monoisotopic (exact) mass is 343 g/mol. The van der Waals surface area contributed by atoms with Gasteiger partial charge in [0, 0.05) is 11.6 Å². The van der Waals surface area contributed by atoms with Crippen molar-refractivity contribution >= 4 is 45.0 Å². The molecule has 1 rings (SSSR count). The molecular weight excluding hydrogens is 329 g/mol. The average molecular weight is 344 g/mol. The Labute approximate surface area is 127 Å². The van der Waals surface area contributed by atoms with E-state index in [0.717, 1.165) is 5.75 Å². The van der Waals surface area contributed by atoms with Gasteiger partial charge in [-0.2, -0.15) is 11.8 Å². The van der Waals surface area contributed by atoms with Gasteiger partial charge in [0.05, 0.1) is 11.1 Å². The lowest BCUT2D eigenvalue weighted by Gasteiger charge is -2.12. The molecule has 0 aliphatic rings. The smallest absolute Gasteiger partial charge is 0.242 e. The largest absolute Gasteiger partial charge is 0.392 e. The first-order chi connectivity index (χ1) is 8.86. The van der Waals surface area contributed by atoms with Crippen molar-refractivity contribution in [2.45, 2.75) is 17.4 Å². The van der Waals surface area contributed by atoms with Gasteiger partial charge in [0.25, 0.3) is 0 Å². The zero-order valence-electron chi connectivity index (χ0n) is 10.3. The number of hydrogen-bond acceptors (Lipinski definition) is 4. The number of halogens is 2. The Morgan fingerprint density at radius 3 is 2.74 bits per heavy atom. The second kappa shape index (κ2) is 7.71. The molecule has 0 bridgehead atoms. The van der Waals surface area contributed by atoms with E-state index in [2.05, 4.69) is 4.72 Å². The van der Waals surface area contributed by atoms with Crippen molar-refractivity contribution in [2.24, 2.45) is 0 Å². The number of aliphatic hydroxyl groups is 1. The maximum absolute atomic E-state index is 12.0. The normalized spacial score (nSPS) is 13.5. The molecule has 108 valence electrons. The summed E-state index contributed by atoms with van der Waals surface area (Å²) in [7, 11) is -3.77. The van der Waals surface area contributed by atoms with Crippen molar-refractivity contribution < 1.29 is 13.5 Å². The fourth-order valence-electron chi connectivity index (χ4n) is 1.32. The number of nitrogens with one attached hydrogen (secondary N) is 1. The van der Waals surface area contributed by atoms with Crippen molar-refractivity contribution in [3.8, 4) is 0 Å². The van der Waals surface area contributed by atoms with Gasteiger partial charge in [0.2, 0.25) is 10.0 Å². The van der Waals surface area contributed by atoms with Crippen molar-refractivity contribution in [3.63, 3.8) is 0 Å². The number of thioether (sulfide) groups is 1. The van der Waals surface area contributed by atoms with Crippen LogP contribution in [0.1, 0.15) is 6.42 Å². The number of hydrogen-bond donors (Lipinski definition) is 2. The Kier molecular flexibility index (Phi) is 6.93. The van der Waals surface area contributed by atoms with Gasteiger partial charge in [-0.1, -0.05) is 23.2 Å². The molecule has 4 nitrogen and oxygen atoms in total. The molecule has 19 heavy (non-hydrogen) atoms. The van der Waals surface area contributed by atoms with Gasteiger partial charge in [-0.15, -0.1) is 0 Å². The molecule has 8 heteroatoms. The van der Waals surface area contributed by atoms with E-state index in [9.17, 15) is 13.5 Å². The molecule has 1 atom stereocenters. The van der Waals surface area contributed by atoms with Crippen LogP contribution in [0, 0.1) is 0 Å². The molecule has 2 N–H and O–H groups in total. The van der Waals surface area contributed by atoms with Crippen LogP contribution in [0.3, 0.4) is 0 Å². The van der Waals surface area contributed by atoms with Gasteiger partial charge in [-0.05, 0) is 36.6 Å². The Morgan fingerprint density at radius 2 is 2.11 bits per heavy atom. The van der Waals surface area contributed by atoms with Crippen molar-refractivity contribution in [1.82, 2.24) is 4.72 Å². The third-order valence-electron chi connectivity index (χ3n) is 2.35. The van der Waals surface area contributed by atoms with E-state index in [1.165, 1.54) is 18.2 Å². The van der Waals surface area contributed by atoms with E-state index in [1.54, 1.807) is 11.8 Å². The lowest BCUT2D eigenvalue weighted by molar-refractivity contribution is 0.175. The van der Waals surface area contributed by atoms with Crippen LogP contribution in [0.4, 0.5) is 0 Å². The molecule has 1 unspecified atom stereocenters. The van der Waals surface area contributed by atoms with Crippen LogP contribution < -0.4 is 4.72 Å². The molecule has 0 saturated carbocycles. The van der Waals surface area contributed by atoms with Crippen LogP contribution in [0.5, 0.6) is 0 Å². The summed E-state index contributed by atoms with van der Waals surface area (Å²) in [6.07, 6.45) is 1.72. The summed E-state index contributed by atoms with van der Waals surface area (Å²) in [4.78, 5) is -0.0845. The second-order valence-corrected chi connectivity index (χ2v) is 7.43. The molecular formula is C11H15Cl2NO3S2. The Hall–Kier alpha value is 0.0200. The molecule has 0 radical (unpaired) electrons. The standard InChI is InChI=1S/C11H15Cl2NO3S2/c1-18-5-4-9(15)7-14-19(16,17)11-6-8(12)2-3-10(11)13/h2-3,6,9,14-15H,4-5,7H2,1H3. The highest BCUT2D eigenvalue weighted by Crippen LogP contribution is 2.24. The predicted molar refractivity (Wildman–Crippen MR) is 80.7 cm³/mol. The first-order valence-electron chi connectivity index (χ1n) is 5.48. The summed E-state index contributed by atoms with van der Waals surface area (Å²) < 4.78 is 26.3. The SMILES string of the molecule is CSCCC(O)CNS(=O)(=O)c1cc(Cl)ccc1Cl. The lowest BCUT2D eigenvalue weighted by atomic mass is 10.3. The Morgan fingerprint density at radius 1 is 1.42 bits per heavy atom. The van der Waals surface area contributed by atoms with Crippen LogP contribution in [-0.4, -0.2) is 38.2 Å². The van der Waals surface area contributed by atoms with Crippen LogP contribution in [-0.2, 0) is 10.0 Å². The van der Waals surface area contributed by atoms with Crippen LogP contribution in [0.2, 0.25) is 10.0 Å². The number of sulfonamides is 1. The van der Waals surface area contributed by atoms with Gasteiger partial charge >= 0.3 is 0 Å². The quantitative estimate of drug-likeness (QED) is 0.797. The number of benzene rings is 1. The first-order valence-corrected chi connectivity index (χ1v) is 9.12. The van der Waals surface area contributed by atoms with E-state index in [1.807, 2.05) is 6.26 Å². The summed E-state index contributed by atoms with van der Waals surface area (Å²) in [5.74, 6) is 0.765. The molecule has 0 aliphatic heterocycles. The molecule has 0 spiro atoms. The molecule has 0 fully saturated rings. The Balaban J connectivity index is 2.73.